The monoisotopic (exact) mass is 346 g/mol. The second-order valence-electron chi connectivity index (χ2n) is 5.08. The van der Waals surface area contributed by atoms with E-state index < -0.39 is 0 Å². The molecule has 0 spiro atoms. The normalized spacial score (nSPS) is 20.6. The molecule has 21 heavy (non-hydrogen) atoms. The van der Waals surface area contributed by atoms with E-state index in [1.54, 1.807) is 7.11 Å². The highest BCUT2D eigenvalue weighted by Gasteiger charge is 2.36. The molecule has 1 heterocycles. The van der Waals surface area contributed by atoms with Gasteiger partial charge in [0, 0.05) is 0 Å². The zero-order valence-corrected chi connectivity index (χ0v) is 13.4. The Morgan fingerprint density at radius 2 is 1.86 bits per heavy atom. The molecule has 3 nitrogen and oxygen atoms in total. The number of hydrogen-bond donors (Lipinski definition) is 0. The highest BCUT2D eigenvalue weighted by Crippen LogP contribution is 2.39. The summed E-state index contributed by atoms with van der Waals surface area (Å²) in [5.74, 6) is 1.48. The number of carbonyl (C=O) groups excluding carboxylic acids is 1. The molecular weight excluding hydrogens is 332 g/mol. The molecule has 2 aromatic carbocycles. The summed E-state index contributed by atoms with van der Waals surface area (Å²) in [4.78, 5) is 12.1. The van der Waals surface area contributed by atoms with E-state index in [9.17, 15) is 4.79 Å². The first kappa shape index (κ1) is 14.1. The second kappa shape index (κ2) is 5.53. The van der Waals surface area contributed by atoms with E-state index in [0.29, 0.717) is 11.3 Å². The number of ether oxygens (including phenoxy) is 2. The number of methoxy groups -OCH3 is 1. The number of hydrogen-bond acceptors (Lipinski definition) is 3. The van der Waals surface area contributed by atoms with Crippen LogP contribution in [-0.4, -0.2) is 17.7 Å². The van der Waals surface area contributed by atoms with Gasteiger partial charge in [-0.15, -0.1) is 0 Å². The van der Waals surface area contributed by atoms with Gasteiger partial charge in [0.25, 0.3) is 0 Å². The van der Waals surface area contributed by atoms with Crippen molar-refractivity contribution in [2.45, 2.75) is 17.9 Å². The van der Waals surface area contributed by atoms with Crippen LogP contribution in [0, 0.1) is 6.92 Å². The van der Waals surface area contributed by atoms with Crippen molar-refractivity contribution in [2.24, 2.45) is 0 Å². The Labute approximate surface area is 132 Å². The number of halogens is 1. The van der Waals surface area contributed by atoms with Gasteiger partial charge in [-0.05, 0) is 36.8 Å². The van der Waals surface area contributed by atoms with E-state index in [2.05, 4.69) is 15.9 Å². The van der Waals surface area contributed by atoms with Crippen LogP contribution in [-0.2, 0) is 0 Å². The summed E-state index contributed by atoms with van der Waals surface area (Å²) < 4.78 is 11.2. The van der Waals surface area contributed by atoms with Crippen LogP contribution < -0.4 is 9.47 Å². The third-order valence-electron chi connectivity index (χ3n) is 3.62. The molecule has 0 saturated carbocycles. The predicted octanol–water partition coefficient (Wildman–Crippen LogP) is 4.08. The van der Waals surface area contributed by atoms with E-state index >= 15 is 0 Å². The minimum Gasteiger partial charge on any atom is -0.497 e. The smallest absolute Gasteiger partial charge is 0.184 e. The lowest BCUT2D eigenvalue weighted by Gasteiger charge is -2.30. The van der Waals surface area contributed by atoms with Crippen molar-refractivity contribution in [3.05, 3.63) is 59.2 Å². The van der Waals surface area contributed by atoms with Crippen molar-refractivity contribution >= 4 is 21.7 Å². The topological polar surface area (TPSA) is 35.5 Å². The molecule has 0 saturated heterocycles. The van der Waals surface area contributed by atoms with Gasteiger partial charge >= 0.3 is 0 Å². The second-order valence-corrected chi connectivity index (χ2v) is 6.06. The quantitative estimate of drug-likeness (QED) is 0.768. The first-order valence-electron chi connectivity index (χ1n) is 6.69. The van der Waals surface area contributed by atoms with Gasteiger partial charge in [0.2, 0.25) is 0 Å². The Bertz CT molecular complexity index is 679. The number of carbonyl (C=O) groups is 1. The minimum atomic E-state index is -0.389. The van der Waals surface area contributed by atoms with Crippen LogP contribution in [0.4, 0.5) is 0 Å². The van der Waals surface area contributed by atoms with Gasteiger partial charge in [-0.2, -0.15) is 0 Å². The van der Waals surface area contributed by atoms with Crippen molar-refractivity contribution in [3.8, 4) is 11.5 Å². The number of ketones is 1. The van der Waals surface area contributed by atoms with Gasteiger partial charge in [-0.25, -0.2) is 0 Å². The van der Waals surface area contributed by atoms with Crippen molar-refractivity contribution in [2.75, 3.05) is 7.11 Å². The molecule has 0 radical (unpaired) electrons. The molecule has 0 aromatic heterocycles. The van der Waals surface area contributed by atoms with Gasteiger partial charge in [-0.3, -0.25) is 4.79 Å². The fraction of sp³-hybridized carbons (Fsp3) is 0.235. The summed E-state index contributed by atoms with van der Waals surface area (Å²) in [6.45, 7) is 1.96. The van der Waals surface area contributed by atoms with Gasteiger partial charge in [0.05, 0.1) is 12.7 Å². The molecule has 0 amide bonds. The molecule has 2 aromatic rings. The molecule has 108 valence electrons. The van der Waals surface area contributed by atoms with E-state index in [-0.39, 0.29) is 16.7 Å². The molecule has 0 bridgehead atoms. The first-order valence-corrected chi connectivity index (χ1v) is 7.61. The molecule has 0 fully saturated rings. The Kier molecular flexibility index (Phi) is 3.72. The third-order valence-corrected chi connectivity index (χ3v) is 4.51. The SMILES string of the molecule is COc1ccc([C@@H]2Oc3ccc(C)cc3C(=O)[C@@H]2Br)cc1. The van der Waals surface area contributed by atoms with E-state index in [1.165, 1.54) is 0 Å². The van der Waals surface area contributed by atoms with E-state index in [1.807, 2.05) is 49.4 Å². The van der Waals surface area contributed by atoms with Crippen LogP contribution in [0.3, 0.4) is 0 Å². The lowest BCUT2D eigenvalue weighted by molar-refractivity contribution is 0.0872. The van der Waals surface area contributed by atoms with Crippen molar-refractivity contribution in [1.29, 1.82) is 0 Å². The molecule has 2 atom stereocenters. The number of aryl methyl sites for hydroxylation is 1. The Balaban J connectivity index is 1.97. The highest BCUT2D eigenvalue weighted by molar-refractivity contribution is 9.10. The molecule has 0 N–H and O–H groups in total. The summed E-state index contributed by atoms with van der Waals surface area (Å²) in [5.41, 5.74) is 2.63. The van der Waals surface area contributed by atoms with E-state index in [0.717, 1.165) is 16.9 Å². The van der Waals surface area contributed by atoms with Gasteiger partial charge in [-0.1, -0.05) is 39.7 Å². The predicted molar refractivity (Wildman–Crippen MR) is 84.6 cm³/mol. The summed E-state index contributed by atoms with van der Waals surface area (Å²) >= 11 is 3.48. The molecule has 1 aliphatic heterocycles. The molecule has 3 rings (SSSR count). The van der Waals surface area contributed by atoms with Crippen LogP contribution >= 0.6 is 15.9 Å². The van der Waals surface area contributed by atoms with Gasteiger partial charge in [0.15, 0.2) is 5.78 Å². The zero-order chi connectivity index (χ0) is 15.0. The number of fused-ring (bicyclic) bond motifs is 1. The molecule has 0 aliphatic carbocycles. The average molecular weight is 347 g/mol. The summed E-state index contributed by atoms with van der Waals surface area (Å²) in [5, 5.41) is 0. The Morgan fingerprint density at radius 3 is 2.52 bits per heavy atom. The van der Waals surface area contributed by atoms with Crippen LogP contribution in [0.15, 0.2) is 42.5 Å². The van der Waals surface area contributed by atoms with Crippen molar-refractivity contribution in [1.82, 2.24) is 0 Å². The largest absolute Gasteiger partial charge is 0.497 e. The van der Waals surface area contributed by atoms with Crippen LogP contribution in [0.1, 0.15) is 27.6 Å². The molecule has 1 aliphatic rings. The van der Waals surface area contributed by atoms with E-state index in [4.69, 9.17) is 9.47 Å². The van der Waals surface area contributed by atoms with Crippen molar-refractivity contribution in [3.63, 3.8) is 0 Å². The lowest BCUT2D eigenvalue weighted by atomic mass is 9.95. The summed E-state index contributed by atoms with van der Waals surface area (Å²) in [7, 11) is 1.63. The van der Waals surface area contributed by atoms with Gasteiger partial charge < -0.3 is 9.47 Å². The van der Waals surface area contributed by atoms with Crippen LogP contribution in [0.2, 0.25) is 0 Å². The number of alkyl halides is 1. The number of rotatable bonds is 2. The molecular formula is C17H15BrO3. The fourth-order valence-corrected chi connectivity index (χ4v) is 3.11. The molecule has 4 heteroatoms. The third kappa shape index (κ3) is 2.56. The average Bonchev–Trinajstić information content (AvgIpc) is 2.51. The standard InChI is InChI=1S/C17H15BrO3/c1-10-3-8-14-13(9-10)16(19)15(18)17(21-14)11-4-6-12(20-2)7-5-11/h3-9,15,17H,1-2H3/t15-,17-/m0/s1. The maximum Gasteiger partial charge on any atom is 0.184 e. The zero-order valence-electron chi connectivity index (χ0n) is 11.8. The number of benzene rings is 2. The number of Topliss-reactive ketones (excluding diaryl/α,β-unsaturated/α-hetero) is 1. The first-order chi connectivity index (χ1) is 10.1. The maximum absolute atomic E-state index is 12.5. The highest BCUT2D eigenvalue weighted by atomic mass is 79.9. The Morgan fingerprint density at radius 1 is 1.14 bits per heavy atom. The Hall–Kier alpha value is -1.81. The van der Waals surface area contributed by atoms with Crippen LogP contribution in [0.25, 0.3) is 0 Å². The summed E-state index contributed by atoms with van der Waals surface area (Å²) in [6.07, 6.45) is -0.335. The van der Waals surface area contributed by atoms with Crippen molar-refractivity contribution < 1.29 is 14.3 Å². The lowest BCUT2D eigenvalue weighted by Crippen LogP contribution is -2.32. The van der Waals surface area contributed by atoms with Crippen LogP contribution in [0.5, 0.6) is 11.5 Å². The fourth-order valence-electron chi connectivity index (χ4n) is 2.45. The minimum absolute atomic E-state index is 0.0563. The molecule has 0 unspecified atom stereocenters. The summed E-state index contributed by atoms with van der Waals surface area (Å²) in [6, 6.07) is 13.3. The maximum atomic E-state index is 12.5. The van der Waals surface area contributed by atoms with Gasteiger partial charge in [0.1, 0.15) is 22.4 Å².